The minimum absolute atomic E-state index is 0.0364. The van der Waals surface area contributed by atoms with Crippen LogP contribution in [0.5, 0.6) is 0 Å². The van der Waals surface area contributed by atoms with E-state index in [9.17, 15) is 4.79 Å². The number of hydrogen-bond acceptors (Lipinski definition) is 5. The van der Waals surface area contributed by atoms with E-state index in [2.05, 4.69) is 26.7 Å². The third kappa shape index (κ3) is 4.25. The first-order valence-corrected chi connectivity index (χ1v) is 9.59. The Kier molecular flexibility index (Phi) is 5.21. The lowest BCUT2D eigenvalue weighted by Crippen LogP contribution is -2.14. The summed E-state index contributed by atoms with van der Waals surface area (Å²) in [5.41, 5.74) is 2.97. The molecule has 0 bridgehead atoms. The van der Waals surface area contributed by atoms with Crippen molar-refractivity contribution in [3.63, 3.8) is 0 Å². The summed E-state index contributed by atoms with van der Waals surface area (Å²) in [5.74, 6) is 1.46. The fourth-order valence-corrected chi connectivity index (χ4v) is 3.15. The van der Waals surface area contributed by atoms with Crippen molar-refractivity contribution < 1.29 is 4.79 Å². The first kappa shape index (κ1) is 18.6. The smallest absolute Gasteiger partial charge is 0.228 e. The van der Waals surface area contributed by atoms with Crippen LogP contribution >= 0.6 is 0 Å². The number of carbonyl (C=O) groups is 1. The first-order chi connectivity index (χ1) is 14.2. The van der Waals surface area contributed by atoms with Gasteiger partial charge in [-0.05, 0) is 35.4 Å². The van der Waals surface area contributed by atoms with Gasteiger partial charge in [0.25, 0.3) is 0 Å². The van der Waals surface area contributed by atoms with E-state index in [1.165, 1.54) is 0 Å². The van der Waals surface area contributed by atoms with E-state index < -0.39 is 0 Å². The average Bonchev–Trinajstić information content (AvgIpc) is 3.59. The normalized spacial score (nSPS) is 13.4. The van der Waals surface area contributed by atoms with Gasteiger partial charge in [0.05, 0.1) is 12.5 Å². The highest BCUT2D eigenvalue weighted by Gasteiger charge is 2.29. The number of rotatable bonds is 6. The second-order valence-corrected chi connectivity index (χ2v) is 7.10. The van der Waals surface area contributed by atoms with Crippen molar-refractivity contribution in [3.8, 4) is 6.07 Å². The highest BCUT2D eigenvalue weighted by atomic mass is 16.2. The van der Waals surface area contributed by atoms with Crippen molar-refractivity contribution in [1.82, 2.24) is 9.97 Å². The molecule has 1 amide bonds. The van der Waals surface area contributed by atoms with Crippen LogP contribution < -0.4 is 10.6 Å². The minimum atomic E-state index is 0.0364. The molecule has 1 aliphatic carbocycles. The zero-order chi connectivity index (χ0) is 20.2. The van der Waals surface area contributed by atoms with Gasteiger partial charge in [0.15, 0.2) is 0 Å². The van der Waals surface area contributed by atoms with Crippen molar-refractivity contribution in [3.05, 3.63) is 59.4 Å². The predicted molar refractivity (Wildman–Crippen MR) is 115 cm³/mol. The highest BCUT2D eigenvalue weighted by Crippen LogP contribution is 2.31. The number of nitriles is 1. The largest absolute Gasteiger partial charge is 0.373 e. The van der Waals surface area contributed by atoms with E-state index in [4.69, 9.17) is 5.26 Å². The summed E-state index contributed by atoms with van der Waals surface area (Å²) in [7, 11) is 1.82. The molecule has 6 heteroatoms. The number of pyridine rings is 2. The zero-order valence-corrected chi connectivity index (χ0v) is 16.1. The van der Waals surface area contributed by atoms with Gasteiger partial charge in [-0.1, -0.05) is 36.4 Å². The Balaban J connectivity index is 1.66. The Morgan fingerprint density at radius 2 is 1.97 bits per heavy atom. The molecule has 0 radical (unpaired) electrons. The van der Waals surface area contributed by atoms with Crippen molar-refractivity contribution in [1.29, 1.82) is 5.26 Å². The Bertz CT molecular complexity index is 1120. The molecule has 2 heterocycles. The van der Waals surface area contributed by atoms with Crippen molar-refractivity contribution in [2.45, 2.75) is 19.3 Å². The van der Waals surface area contributed by atoms with E-state index in [1.54, 1.807) is 12.4 Å². The molecule has 4 rings (SSSR count). The second kappa shape index (κ2) is 8.11. The summed E-state index contributed by atoms with van der Waals surface area (Å²) in [6.07, 6.45) is 9.87. The zero-order valence-electron chi connectivity index (χ0n) is 16.1. The van der Waals surface area contributed by atoms with Crippen LogP contribution in [0.1, 0.15) is 29.5 Å². The van der Waals surface area contributed by atoms with E-state index >= 15 is 0 Å². The molecule has 0 spiro atoms. The Hall–Kier alpha value is -3.72. The summed E-state index contributed by atoms with van der Waals surface area (Å²) in [4.78, 5) is 21.0. The number of nitrogens with one attached hydrogen (secondary N) is 2. The molecule has 0 aliphatic heterocycles. The van der Waals surface area contributed by atoms with Gasteiger partial charge in [-0.2, -0.15) is 5.26 Å². The van der Waals surface area contributed by atoms with E-state index in [1.807, 2.05) is 49.5 Å². The van der Waals surface area contributed by atoms with Crippen LogP contribution in [0.25, 0.3) is 22.9 Å². The fourth-order valence-electron chi connectivity index (χ4n) is 3.15. The lowest BCUT2D eigenvalue weighted by Gasteiger charge is -2.10. The van der Waals surface area contributed by atoms with Gasteiger partial charge in [0, 0.05) is 36.3 Å². The minimum Gasteiger partial charge on any atom is -0.373 e. The number of nitrogens with zero attached hydrogens (tertiary/aromatic N) is 3. The number of hydrogen-bond donors (Lipinski definition) is 2. The van der Waals surface area contributed by atoms with E-state index in [-0.39, 0.29) is 11.8 Å². The van der Waals surface area contributed by atoms with Crippen LogP contribution in [0.3, 0.4) is 0 Å². The fraction of sp³-hybridized carbons (Fsp3) is 0.217. The predicted octanol–water partition coefficient (Wildman–Crippen LogP) is 4.26. The molecule has 0 unspecified atom stereocenters. The number of anilines is 2. The van der Waals surface area contributed by atoms with Gasteiger partial charge >= 0.3 is 0 Å². The molecule has 3 aromatic rings. The SMILES string of the molecule is CNc1ncc(C=Cc2ccc(CC#N)cc2)c2cc(NC(=O)C3CC3)ncc12. The highest BCUT2D eigenvalue weighted by molar-refractivity contribution is 6.01. The molecule has 6 nitrogen and oxygen atoms in total. The summed E-state index contributed by atoms with van der Waals surface area (Å²) >= 11 is 0. The lowest BCUT2D eigenvalue weighted by atomic mass is 10.1. The van der Waals surface area contributed by atoms with Crippen LogP contribution in [0.15, 0.2) is 42.7 Å². The number of fused-ring (bicyclic) bond motifs is 1. The van der Waals surface area contributed by atoms with Crippen LogP contribution in [0, 0.1) is 17.2 Å². The number of amides is 1. The van der Waals surface area contributed by atoms with Crippen LogP contribution in [0.2, 0.25) is 0 Å². The molecular formula is C23H21N5O. The molecule has 1 aliphatic rings. The third-order valence-electron chi connectivity index (χ3n) is 4.96. The molecule has 0 saturated heterocycles. The van der Waals surface area contributed by atoms with Crippen molar-refractivity contribution in [2.24, 2.45) is 5.92 Å². The average molecular weight is 383 g/mol. The van der Waals surface area contributed by atoms with Gasteiger partial charge in [-0.25, -0.2) is 9.97 Å². The maximum atomic E-state index is 12.1. The molecule has 2 aromatic heterocycles. The Morgan fingerprint density at radius 1 is 1.17 bits per heavy atom. The van der Waals surface area contributed by atoms with Gasteiger partial charge in [0.1, 0.15) is 11.6 Å². The van der Waals surface area contributed by atoms with Crippen LogP contribution in [-0.4, -0.2) is 22.9 Å². The Morgan fingerprint density at radius 3 is 2.66 bits per heavy atom. The molecule has 2 N–H and O–H groups in total. The van der Waals surface area contributed by atoms with Gasteiger partial charge in [-0.15, -0.1) is 0 Å². The molecule has 144 valence electrons. The molecule has 1 fully saturated rings. The number of aromatic nitrogens is 2. The molecular weight excluding hydrogens is 362 g/mol. The lowest BCUT2D eigenvalue weighted by molar-refractivity contribution is -0.117. The summed E-state index contributed by atoms with van der Waals surface area (Å²) < 4.78 is 0. The van der Waals surface area contributed by atoms with Crippen molar-refractivity contribution >= 4 is 40.5 Å². The van der Waals surface area contributed by atoms with Gasteiger partial charge in [-0.3, -0.25) is 4.79 Å². The topological polar surface area (TPSA) is 90.7 Å². The maximum absolute atomic E-state index is 12.1. The van der Waals surface area contributed by atoms with Crippen LogP contribution in [0.4, 0.5) is 11.6 Å². The van der Waals surface area contributed by atoms with E-state index in [0.29, 0.717) is 12.2 Å². The molecule has 1 aromatic carbocycles. The Labute approximate surface area is 169 Å². The van der Waals surface area contributed by atoms with Crippen molar-refractivity contribution in [2.75, 3.05) is 17.7 Å². The quantitative estimate of drug-likeness (QED) is 0.664. The standard InChI is InChI=1S/C23H21N5O/c1-25-22-20-14-26-21(28-23(29)17-8-9-17)12-19(20)18(13-27-22)7-6-15-2-4-16(5-3-15)10-11-24/h2-7,12-14,17H,8-10H2,1H3,(H,25,27)(H,26,28,29). The second-order valence-electron chi connectivity index (χ2n) is 7.10. The molecule has 1 saturated carbocycles. The molecule has 29 heavy (non-hydrogen) atoms. The maximum Gasteiger partial charge on any atom is 0.228 e. The summed E-state index contributed by atoms with van der Waals surface area (Å²) in [5, 5.41) is 16.6. The molecule has 0 atom stereocenters. The first-order valence-electron chi connectivity index (χ1n) is 9.59. The number of benzene rings is 1. The van der Waals surface area contributed by atoms with Gasteiger partial charge in [0.2, 0.25) is 5.91 Å². The third-order valence-corrected chi connectivity index (χ3v) is 4.96. The summed E-state index contributed by atoms with van der Waals surface area (Å²) in [6.45, 7) is 0. The van der Waals surface area contributed by atoms with Crippen LogP contribution in [-0.2, 0) is 11.2 Å². The summed E-state index contributed by atoms with van der Waals surface area (Å²) in [6, 6.07) is 11.9. The van der Waals surface area contributed by atoms with Gasteiger partial charge < -0.3 is 10.6 Å². The monoisotopic (exact) mass is 383 g/mol. The number of carbonyl (C=O) groups excluding carboxylic acids is 1. The van der Waals surface area contributed by atoms with E-state index in [0.717, 1.165) is 46.1 Å².